The Hall–Kier alpha value is -1.77. The summed E-state index contributed by atoms with van der Waals surface area (Å²) < 4.78 is 0. The van der Waals surface area contributed by atoms with Gasteiger partial charge in [0.2, 0.25) is 5.91 Å². The Bertz CT molecular complexity index is 659. The van der Waals surface area contributed by atoms with Gasteiger partial charge in [0.15, 0.2) is 0 Å². The molecule has 1 aromatic heterocycles. The van der Waals surface area contributed by atoms with Crippen molar-refractivity contribution in [3.05, 3.63) is 35.5 Å². The summed E-state index contributed by atoms with van der Waals surface area (Å²) in [6.45, 7) is 4.43. The van der Waals surface area contributed by atoms with Gasteiger partial charge in [0, 0.05) is 29.1 Å². The van der Waals surface area contributed by atoms with Crippen molar-refractivity contribution in [1.29, 1.82) is 0 Å². The second-order valence-electron chi connectivity index (χ2n) is 6.67. The third-order valence-corrected chi connectivity index (χ3v) is 4.92. The Morgan fingerprint density at radius 1 is 1.30 bits per heavy atom. The molecule has 1 aliphatic rings. The van der Waals surface area contributed by atoms with Gasteiger partial charge >= 0.3 is 0 Å². The van der Waals surface area contributed by atoms with E-state index in [1.807, 2.05) is 0 Å². The van der Waals surface area contributed by atoms with Crippen molar-refractivity contribution in [2.45, 2.75) is 65.8 Å². The maximum atomic E-state index is 11.4. The quantitative estimate of drug-likeness (QED) is 0.794. The lowest BCUT2D eigenvalue weighted by Crippen LogP contribution is -2.28. The largest absolute Gasteiger partial charge is 0.358 e. The Morgan fingerprint density at radius 3 is 2.78 bits per heavy atom. The van der Waals surface area contributed by atoms with Crippen molar-refractivity contribution in [2.24, 2.45) is 5.92 Å². The normalized spacial score (nSPS) is 18.7. The number of fused-ring (bicyclic) bond motifs is 1. The highest BCUT2D eigenvalue weighted by atomic mass is 16.1. The first-order valence-corrected chi connectivity index (χ1v) is 8.53. The van der Waals surface area contributed by atoms with E-state index < -0.39 is 0 Å². The number of rotatable bonds is 6. The number of hydrogen-bond donors (Lipinski definition) is 2. The summed E-state index contributed by atoms with van der Waals surface area (Å²) in [5.74, 6) is 0.870. The van der Waals surface area contributed by atoms with Crippen molar-refractivity contribution >= 4 is 16.8 Å². The Balaban J connectivity index is 0.00000192. The summed E-state index contributed by atoms with van der Waals surface area (Å²) in [5.41, 5.74) is 3.98. The van der Waals surface area contributed by atoms with E-state index in [0.717, 1.165) is 19.3 Å². The highest BCUT2D eigenvalue weighted by molar-refractivity contribution is 5.84. The Kier molecular flexibility index (Phi) is 5.86. The first-order valence-electron chi connectivity index (χ1n) is 8.53. The van der Waals surface area contributed by atoms with Crippen molar-refractivity contribution in [3.8, 4) is 0 Å². The van der Waals surface area contributed by atoms with E-state index in [2.05, 4.69) is 48.4 Å². The molecule has 1 aromatic carbocycles. The molecule has 1 fully saturated rings. The van der Waals surface area contributed by atoms with Crippen LogP contribution in [0.3, 0.4) is 0 Å². The summed E-state index contributed by atoms with van der Waals surface area (Å²) in [4.78, 5) is 14.9. The number of nitrogens with one attached hydrogen (secondary N) is 2. The molecule has 1 aliphatic heterocycles. The second-order valence-corrected chi connectivity index (χ2v) is 6.67. The number of aryl methyl sites for hydroxylation is 1. The topological polar surface area (TPSA) is 44.9 Å². The van der Waals surface area contributed by atoms with Gasteiger partial charge in [-0.2, -0.15) is 0 Å². The van der Waals surface area contributed by atoms with Crippen LogP contribution in [0.15, 0.2) is 24.3 Å². The number of benzene rings is 1. The van der Waals surface area contributed by atoms with Crippen LogP contribution in [-0.2, 0) is 11.2 Å². The van der Waals surface area contributed by atoms with Crippen molar-refractivity contribution in [2.75, 3.05) is 0 Å². The van der Waals surface area contributed by atoms with Crippen LogP contribution in [0.5, 0.6) is 0 Å². The summed E-state index contributed by atoms with van der Waals surface area (Å²) in [5, 5.41) is 4.49. The van der Waals surface area contributed by atoms with E-state index in [1.165, 1.54) is 35.0 Å². The van der Waals surface area contributed by atoms with Crippen LogP contribution < -0.4 is 5.32 Å². The van der Waals surface area contributed by atoms with Gasteiger partial charge in [-0.15, -0.1) is 0 Å². The lowest BCUT2D eigenvalue weighted by molar-refractivity contribution is -0.119. The zero-order valence-corrected chi connectivity index (χ0v) is 13.6. The van der Waals surface area contributed by atoms with E-state index in [9.17, 15) is 4.79 Å². The first-order chi connectivity index (χ1) is 10.7. The maximum absolute atomic E-state index is 11.4. The molecule has 3 rings (SSSR count). The summed E-state index contributed by atoms with van der Waals surface area (Å²) in [6, 6.07) is 8.95. The van der Waals surface area contributed by atoms with Crippen LogP contribution in [0.1, 0.15) is 57.7 Å². The Morgan fingerprint density at radius 2 is 2.09 bits per heavy atom. The molecular weight excluding hydrogens is 284 g/mol. The van der Waals surface area contributed by atoms with Gasteiger partial charge in [0.1, 0.15) is 0 Å². The second kappa shape index (κ2) is 7.67. The van der Waals surface area contributed by atoms with Gasteiger partial charge in [-0.3, -0.25) is 4.79 Å². The third-order valence-electron chi connectivity index (χ3n) is 4.92. The highest BCUT2D eigenvalue weighted by Crippen LogP contribution is 2.29. The summed E-state index contributed by atoms with van der Waals surface area (Å²) in [7, 11) is 0. The molecule has 1 saturated heterocycles. The fraction of sp³-hybridized carbons (Fsp3) is 0.550. The summed E-state index contributed by atoms with van der Waals surface area (Å²) >= 11 is 0. The molecule has 0 spiro atoms. The molecular formula is C20H30N2O. The predicted molar refractivity (Wildman–Crippen MR) is 97.7 cm³/mol. The summed E-state index contributed by atoms with van der Waals surface area (Å²) in [6.07, 6.45) is 6.36. The molecule has 0 radical (unpaired) electrons. The van der Waals surface area contributed by atoms with Crippen LogP contribution in [-0.4, -0.2) is 16.9 Å². The minimum atomic E-state index is 0. The monoisotopic (exact) mass is 314 g/mol. The molecule has 2 unspecified atom stereocenters. The van der Waals surface area contributed by atoms with Crippen LogP contribution in [0, 0.1) is 12.8 Å². The molecule has 2 atom stereocenters. The minimum absolute atomic E-state index is 0. The van der Waals surface area contributed by atoms with Gasteiger partial charge in [-0.1, -0.05) is 45.4 Å². The standard InChI is InChI=1S/C19H26N2O.CH4/c1-3-6-14(11-15-9-10-19(22)21-15)12-17-13(2)20-18-8-5-4-7-16(17)18;/h4-5,7-8,14-15,20H,3,6,9-12H2,1-2H3,(H,21,22);1H4. The number of carbonyl (C=O) groups is 1. The molecule has 23 heavy (non-hydrogen) atoms. The molecule has 3 heteroatoms. The van der Waals surface area contributed by atoms with Gasteiger partial charge in [0.25, 0.3) is 0 Å². The smallest absolute Gasteiger partial charge is 0.220 e. The molecule has 1 amide bonds. The van der Waals surface area contributed by atoms with Crippen molar-refractivity contribution < 1.29 is 4.79 Å². The van der Waals surface area contributed by atoms with Crippen molar-refractivity contribution in [3.63, 3.8) is 0 Å². The number of aromatic amines is 1. The molecule has 0 saturated carbocycles. The molecule has 3 nitrogen and oxygen atoms in total. The molecule has 126 valence electrons. The Labute approximate surface area is 139 Å². The van der Waals surface area contributed by atoms with E-state index in [-0.39, 0.29) is 13.3 Å². The number of amides is 1. The zero-order valence-electron chi connectivity index (χ0n) is 13.6. The molecule has 2 N–H and O–H groups in total. The number of H-pyrrole nitrogens is 1. The number of carbonyl (C=O) groups excluding carboxylic acids is 1. The molecule has 0 aliphatic carbocycles. The molecule has 2 heterocycles. The molecule has 0 bridgehead atoms. The van der Waals surface area contributed by atoms with E-state index in [0.29, 0.717) is 18.4 Å². The maximum Gasteiger partial charge on any atom is 0.220 e. The average Bonchev–Trinajstić information content (AvgIpc) is 3.03. The fourth-order valence-electron chi connectivity index (χ4n) is 3.85. The SMILES string of the molecule is C.CCCC(Cc1c(C)[nH]c2ccccc12)CC1CCC(=O)N1. The molecule has 2 aromatic rings. The van der Waals surface area contributed by atoms with Crippen LogP contribution in [0.25, 0.3) is 10.9 Å². The lowest BCUT2D eigenvalue weighted by atomic mass is 9.88. The van der Waals surface area contributed by atoms with Gasteiger partial charge < -0.3 is 10.3 Å². The third kappa shape index (κ3) is 3.95. The van der Waals surface area contributed by atoms with Crippen molar-refractivity contribution in [1.82, 2.24) is 10.3 Å². The number of hydrogen-bond acceptors (Lipinski definition) is 1. The lowest BCUT2D eigenvalue weighted by Gasteiger charge is -2.20. The van der Waals surface area contributed by atoms with Gasteiger partial charge in [-0.05, 0) is 43.7 Å². The van der Waals surface area contributed by atoms with E-state index >= 15 is 0 Å². The minimum Gasteiger partial charge on any atom is -0.358 e. The van der Waals surface area contributed by atoms with E-state index in [1.54, 1.807) is 0 Å². The van der Waals surface area contributed by atoms with Crippen LogP contribution in [0.2, 0.25) is 0 Å². The van der Waals surface area contributed by atoms with Gasteiger partial charge in [-0.25, -0.2) is 0 Å². The highest BCUT2D eigenvalue weighted by Gasteiger charge is 2.24. The number of para-hydroxylation sites is 1. The zero-order chi connectivity index (χ0) is 15.5. The fourth-order valence-corrected chi connectivity index (χ4v) is 3.85. The van der Waals surface area contributed by atoms with Gasteiger partial charge in [0.05, 0.1) is 0 Å². The first kappa shape index (κ1) is 17.6. The predicted octanol–water partition coefficient (Wildman–Crippen LogP) is 4.74. The van der Waals surface area contributed by atoms with E-state index in [4.69, 9.17) is 0 Å². The number of aromatic nitrogens is 1. The average molecular weight is 314 g/mol. The van der Waals surface area contributed by atoms with Crippen LogP contribution in [0.4, 0.5) is 0 Å². The van der Waals surface area contributed by atoms with Crippen LogP contribution >= 0.6 is 0 Å².